The first-order valence-corrected chi connectivity index (χ1v) is 5.14. The van der Waals surface area contributed by atoms with E-state index in [1.54, 1.807) is 0 Å². The average molecular weight is 270 g/mol. The van der Waals surface area contributed by atoms with E-state index < -0.39 is 24.2 Å². The van der Waals surface area contributed by atoms with Gasteiger partial charge < -0.3 is 20.0 Å². The topological polar surface area (TPSA) is 78.5 Å². The Labute approximate surface area is 107 Å². The van der Waals surface area contributed by atoms with E-state index in [9.17, 15) is 23.5 Å². The number of rotatable bonds is 5. The van der Waals surface area contributed by atoms with Crippen molar-refractivity contribution in [2.24, 2.45) is 0 Å². The van der Waals surface area contributed by atoms with E-state index in [0.29, 0.717) is 5.56 Å². The van der Waals surface area contributed by atoms with Crippen LogP contribution < -0.4 is 15.2 Å². The zero-order chi connectivity index (χ0) is 14.4. The number of carbonyl (C=O) groups is 2. The average Bonchev–Trinajstić information content (AvgIpc) is 2.29. The van der Waals surface area contributed by atoms with Crippen LogP contribution in [0.25, 0.3) is 6.08 Å². The van der Waals surface area contributed by atoms with E-state index in [0.717, 1.165) is 13.0 Å². The Morgan fingerprint density at radius 2 is 1.89 bits per heavy atom. The van der Waals surface area contributed by atoms with Crippen LogP contribution in [0.5, 0.6) is 5.75 Å². The number of ether oxygens (including phenoxy) is 1. The largest absolute Gasteiger partial charge is 0.543 e. The van der Waals surface area contributed by atoms with Crippen LogP contribution in [0.4, 0.5) is 8.78 Å². The van der Waals surface area contributed by atoms with Gasteiger partial charge in [-0.3, -0.25) is 4.79 Å². The Morgan fingerprint density at radius 3 is 2.32 bits per heavy atom. The number of hydrogen-bond acceptors (Lipinski definition) is 4. The minimum absolute atomic E-state index is 0.0540. The van der Waals surface area contributed by atoms with Gasteiger partial charge in [0, 0.05) is 6.92 Å². The number of carboxylic acid groups (broad SMARTS) is 1. The van der Waals surface area contributed by atoms with Gasteiger partial charge >= 0.3 is 6.61 Å². The van der Waals surface area contributed by atoms with Crippen LogP contribution in [0.1, 0.15) is 12.5 Å². The lowest BCUT2D eigenvalue weighted by molar-refractivity contribution is -0.299. The number of hydrogen-bond donors (Lipinski definition) is 1. The summed E-state index contributed by atoms with van der Waals surface area (Å²) in [7, 11) is 0. The molecule has 19 heavy (non-hydrogen) atoms. The second kappa shape index (κ2) is 6.48. The van der Waals surface area contributed by atoms with Crippen molar-refractivity contribution in [3.05, 3.63) is 35.5 Å². The van der Waals surface area contributed by atoms with Crippen molar-refractivity contribution < 1.29 is 28.2 Å². The molecule has 0 heterocycles. The van der Waals surface area contributed by atoms with Crippen LogP contribution in [0.15, 0.2) is 30.0 Å². The third kappa shape index (κ3) is 5.15. The molecule has 0 aliphatic heterocycles. The number of carboxylic acids is 1. The highest BCUT2D eigenvalue weighted by molar-refractivity contribution is 5.95. The van der Waals surface area contributed by atoms with Gasteiger partial charge in [-0.1, -0.05) is 12.1 Å². The van der Waals surface area contributed by atoms with E-state index in [-0.39, 0.29) is 5.75 Å². The lowest BCUT2D eigenvalue weighted by atomic mass is 10.2. The van der Waals surface area contributed by atoms with Gasteiger partial charge in [-0.2, -0.15) is 8.78 Å². The molecule has 1 amide bonds. The molecule has 1 rings (SSSR count). The molecule has 5 nitrogen and oxygen atoms in total. The summed E-state index contributed by atoms with van der Waals surface area (Å²) in [5, 5.41) is 12.8. The first kappa shape index (κ1) is 14.6. The van der Waals surface area contributed by atoms with Crippen LogP contribution in [0.2, 0.25) is 0 Å². The third-order valence-electron chi connectivity index (χ3n) is 1.95. The maximum Gasteiger partial charge on any atom is 0.387 e. The minimum atomic E-state index is -2.93. The van der Waals surface area contributed by atoms with Gasteiger partial charge in [-0.05, 0) is 23.8 Å². The zero-order valence-electron chi connectivity index (χ0n) is 9.85. The summed E-state index contributed by atoms with van der Waals surface area (Å²) in [5.41, 5.74) is -0.0374. The van der Waals surface area contributed by atoms with E-state index in [2.05, 4.69) is 10.1 Å². The van der Waals surface area contributed by atoms with Crippen molar-refractivity contribution in [1.29, 1.82) is 0 Å². The van der Waals surface area contributed by atoms with Crippen molar-refractivity contribution in [3.8, 4) is 5.75 Å². The number of nitrogens with one attached hydrogen (secondary N) is 1. The summed E-state index contributed by atoms with van der Waals surface area (Å²) < 4.78 is 28.0. The monoisotopic (exact) mass is 270 g/mol. The maximum atomic E-state index is 11.9. The molecule has 0 bridgehead atoms. The summed E-state index contributed by atoms with van der Waals surface area (Å²) in [6.07, 6.45) is 1.14. The summed E-state index contributed by atoms with van der Waals surface area (Å²) in [5.74, 6) is -2.17. The highest BCUT2D eigenvalue weighted by atomic mass is 19.3. The molecular formula is C12H10F2NO4-. The fraction of sp³-hybridized carbons (Fsp3) is 0.167. The normalized spacial score (nSPS) is 11.3. The Morgan fingerprint density at radius 1 is 1.32 bits per heavy atom. The minimum Gasteiger partial charge on any atom is -0.543 e. The number of carbonyl (C=O) groups excluding carboxylic acids is 2. The maximum absolute atomic E-state index is 11.9. The molecule has 1 aromatic rings. The molecule has 0 spiro atoms. The van der Waals surface area contributed by atoms with Crippen LogP contribution >= 0.6 is 0 Å². The molecule has 0 radical (unpaired) electrons. The van der Waals surface area contributed by atoms with Crippen molar-refractivity contribution in [1.82, 2.24) is 5.32 Å². The van der Waals surface area contributed by atoms with Crippen molar-refractivity contribution >= 4 is 18.0 Å². The number of benzene rings is 1. The summed E-state index contributed by atoms with van der Waals surface area (Å²) in [6, 6.07) is 5.22. The first-order valence-electron chi connectivity index (χ1n) is 5.14. The van der Waals surface area contributed by atoms with Gasteiger partial charge in [0.15, 0.2) is 0 Å². The summed E-state index contributed by atoms with van der Waals surface area (Å²) >= 11 is 0. The fourth-order valence-electron chi connectivity index (χ4n) is 1.25. The second-order valence-corrected chi connectivity index (χ2v) is 3.47. The number of alkyl halides is 2. The molecular weight excluding hydrogens is 260 g/mol. The predicted molar refractivity (Wildman–Crippen MR) is 59.9 cm³/mol. The Hall–Kier alpha value is -2.44. The van der Waals surface area contributed by atoms with Gasteiger partial charge in [0.05, 0.1) is 11.7 Å². The third-order valence-corrected chi connectivity index (χ3v) is 1.95. The van der Waals surface area contributed by atoms with Gasteiger partial charge in [0.25, 0.3) is 0 Å². The standard InChI is InChI=1S/C12H11F2NO4/c1-7(16)15-10(11(17)18)6-8-2-4-9(5-3-8)19-12(13)14/h2-6,12H,1H3,(H,15,16)(H,17,18)/p-1/b10-6-. The van der Waals surface area contributed by atoms with Gasteiger partial charge in [0.2, 0.25) is 5.91 Å². The lowest BCUT2D eigenvalue weighted by Gasteiger charge is -2.09. The Balaban J connectivity index is 2.89. The number of amides is 1. The van der Waals surface area contributed by atoms with Crippen LogP contribution in [-0.2, 0) is 9.59 Å². The Kier molecular flexibility index (Phi) is 4.99. The molecule has 0 atom stereocenters. The molecule has 0 fully saturated rings. The molecule has 102 valence electrons. The van der Waals surface area contributed by atoms with Crippen LogP contribution in [-0.4, -0.2) is 18.5 Å². The molecule has 0 saturated heterocycles. The van der Waals surface area contributed by atoms with Gasteiger partial charge in [-0.25, -0.2) is 0 Å². The van der Waals surface area contributed by atoms with Crippen molar-refractivity contribution in [2.45, 2.75) is 13.5 Å². The van der Waals surface area contributed by atoms with E-state index >= 15 is 0 Å². The van der Waals surface area contributed by atoms with Crippen molar-refractivity contribution in [3.63, 3.8) is 0 Å². The molecule has 1 aromatic carbocycles. The lowest BCUT2D eigenvalue weighted by Crippen LogP contribution is -2.34. The second-order valence-electron chi connectivity index (χ2n) is 3.47. The predicted octanol–water partition coefficient (Wildman–Crippen LogP) is 0.515. The Bertz CT molecular complexity index is 497. The molecule has 0 aliphatic carbocycles. The fourth-order valence-corrected chi connectivity index (χ4v) is 1.25. The van der Waals surface area contributed by atoms with Crippen LogP contribution in [0, 0.1) is 0 Å². The summed E-state index contributed by atoms with van der Waals surface area (Å²) in [6.45, 7) is -1.78. The van der Waals surface area contributed by atoms with E-state index in [1.807, 2.05) is 0 Å². The first-order chi connectivity index (χ1) is 8.88. The highest BCUT2D eigenvalue weighted by Crippen LogP contribution is 2.16. The highest BCUT2D eigenvalue weighted by Gasteiger charge is 2.04. The molecule has 1 N–H and O–H groups in total. The van der Waals surface area contributed by atoms with Crippen LogP contribution in [0.3, 0.4) is 0 Å². The molecule has 0 saturated carbocycles. The number of halogens is 2. The van der Waals surface area contributed by atoms with Crippen molar-refractivity contribution in [2.75, 3.05) is 0 Å². The van der Waals surface area contributed by atoms with E-state index in [1.165, 1.54) is 24.3 Å². The molecule has 0 unspecified atom stereocenters. The van der Waals surface area contributed by atoms with Gasteiger partial charge in [0.1, 0.15) is 5.75 Å². The molecule has 7 heteroatoms. The molecule has 0 aromatic heterocycles. The number of aliphatic carboxylic acids is 1. The quantitative estimate of drug-likeness (QED) is 0.791. The molecule has 0 aliphatic rings. The zero-order valence-corrected chi connectivity index (χ0v) is 9.85. The SMILES string of the molecule is CC(=O)N/C(=C\c1ccc(OC(F)F)cc1)C(=O)[O-]. The van der Waals surface area contributed by atoms with Gasteiger partial charge in [-0.15, -0.1) is 0 Å². The smallest absolute Gasteiger partial charge is 0.387 e. The summed E-state index contributed by atoms with van der Waals surface area (Å²) in [4.78, 5) is 21.5. The van der Waals surface area contributed by atoms with E-state index in [4.69, 9.17) is 0 Å².